The van der Waals surface area contributed by atoms with Gasteiger partial charge in [0.1, 0.15) is 19.3 Å². The first-order valence-electron chi connectivity index (χ1n) is 43.5. The molecule has 0 fully saturated rings. The number of carbonyl (C=O) groups is 4. The number of phosphoric ester groups is 2. The molecule has 0 aromatic carbocycles. The van der Waals surface area contributed by atoms with Crippen molar-refractivity contribution in [2.45, 2.75) is 464 Å². The maximum Gasteiger partial charge on any atom is 0.472 e. The van der Waals surface area contributed by atoms with Gasteiger partial charge in [0.2, 0.25) is 0 Å². The fourth-order valence-electron chi connectivity index (χ4n) is 13.1. The van der Waals surface area contributed by atoms with Gasteiger partial charge in [-0.15, -0.1) is 0 Å². The monoisotopic (exact) mass is 1510 g/mol. The van der Waals surface area contributed by atoms with Crippen LogP contribution in [0.5, 0.6) is 0 Å². The van der Waals surface area contributed by atoms with Gasteiger partial charge in [-0.1, -0.05) is 395 Å². The molecule has 0 heterocycles. The summed E-state index contributed by atoms with van der Waals surface area (Å²) in [7, 11) is -9.93. The zero-order chi connectivity index (χ0) is 75.6. The lowest BCUT2D eigenvalue weighted by Crippen LogP contribution is -2.30. The Labute approximate surface area is 632 Å². The van der Waals surface area contributed by atoms with E-state index in [1.54, 1.807) is 0 Å². The summed E-state index contributed by atoms with van der Waals surface area (Å²) in [5.41, 5.74) is 0. The third kappa shape index (κ3) is 78.0. The molecule has 0 aliphatic rings. The molecule has 0 bridgehead atoms. The Balaban J connectivity index is 5.26. The molecular weight excluding hydrogens is 1340 g/mol. The number of ether oxygens (including phenoxy) is 4. The number of aliphatic hydroxyl groups is 1. The van der Waals surface area contributed by atoms with Crippen LogP contribution in [0.4, 0.5) is 0 Å². The molecule has 0 saturated carbocycles. The summed E-state index contributed by atoms with van der Waals surface area (Å²) in [5, 5.41) is 10.7. The molecule has 0 spiro atoms. The first-order valence-corrected chi connectivity index (χ1v) is 46.5. The van der Waals surface area contributed by atoms with E-state index in [1.807, 2.05) is 0 Å². The number of unbranched alkanes of at least 4 members (excludes halogenated alkanes) is 53. The van der Waals surface area contributed by atoms with Crippen molar-refractivity contribution in [2.24, 2.45) is 11.8 Å². The SMILES string of the molecule is CCCCCCCCCCCCCCCCCCCCCC(=O)O[C@H](COC(=O)CCCCCCCCCCCCCCCCC(C)C)COP(=O)(O)OC[C@@H](O)COP(=O)(O)OC[C@@H](COC(=O)CCCCCCCCCCCC(C)C)OC(=O)CCCCCCCCCCCCCCCCC. The van der Waals surface area contributed by atoms with Crippen molar-refractivity contribution in [1.82, 2.24) is 0 Å². The maximum absolute atomic E-state index is 13.1. The number of rotatable bonds is 83. The van der Waals surface area contributed by atoms with Crippen LogP contribution in [0.2, 0.25) is 0 Å². The van der Waals surface area contributed by atoms with Crippen LogP contribution < -0.4 is 0 Å². The average Bonchev–Trinajstić information content (AvgIpc) is 0.914. The van der Waals surface area contributed by atoms with E-state index in [1.165, 1.54) is 263 Å². The lowest BCUT2D eigenvalue weighted by molar-refractivity contribution is -0.161. The second-order valence-corrected chi connectivity index (χ2v) is 34.1. The van der Waals surface area contributed by atoms with Crippen molar-refractivity contribution in [3.05, 3.63) is 0 Å². The van der Waals surface area contributed by atoms with E-state index in [9.17, 15) is 43.2 Å². The van der Waals surface area contributed by atoms with Gasteiger partial charge in [-0.2, -0.15) is 0 Å². The second kappa shape index (κ2) is 75.5. The van der Waals surface area contributed by atoms with E-state index in [0.29, 0.717) is 25.7 Å². The van der Waals surface area contributed by atoms with Crippen molar-refractivity contribution in [3.8, 4) is 0 Å². The molecule has 0 amide bonds. The van der Waals surface area contributed by atoms with E-state index in [4.69, 9.17) is 37.0 Å². The number of hydrogen-bond acceptors (Lipinski definition) is 15. The predicted molar refractivity (Wildman–Crippen MR) is 423 cm³/mol. The molecule has 0 radical (unpaired) electrons. The zero-order valence-electron chi connectivity index (χ0n) is 67.6. The summed E-state index contributed by atoms with van der Waals surface area (Å²) in [5.74, 6) is -0.560. The number of esters is 4. The van der Waals surface area contributed by atoms with Crippen molar-refractivity contribution in [1.29, 1.82) is 0 Å². The Kier molecular flexibility index (Phi) is 74.1. The minimum Gasteiger partial charge on any atom is -0.462 e. The van der Waals surface area contributed by atoms with E-state index in [2.05, 4.69) is 41.5 Å². The highest BCUT2D eigenvalue weighted by Gasteiger charge is 2.30. The Hall–Kier alpha value is -1.94. The third-order valence-corrected chi connectivity index (χ3v) is 21.6. The summed E-state index contributed by atoms with van der Waals surface area (Å²) in [6.45, 7) is 9.67. The molecule has 103 heavy (non-hydrogen) atoms. The van der Waals surface area contributed by atoms with Crippen LogP contribution in [0.15, 0.2) is 0 Å². The largest absolute Gasteiger partial charge is 0.472 e. The normalized spacial score (nSPS) is 13.9. The molecule has 612 valence electrons. The number of aliphatic hydroxyl groups excluding tert-OH is 1. The number of phosphoric acid groups is 2. The maximum atomic E-state index is 13.1. The first kappa shape index (κ1) is 101. The molecule has 19 heteroatoms. The van der Waals surface area contributed by atoms with Gasteiger partial charge < -0.3 is 33.8 Å². The quantitative estimate of drug-likeness (QED) is 0.0222. The summed E-state index contributed by atoms with van der Waals surface area (Å²) in [4.78, 5) is 73.2. The minimum atomic E-state index is -4.96. The van der Waals surface area contributed by atoms with Crippen molar-refractivity contribution < 1.29 is 80.2 Å². The lowest BCUT2D eigenvalue weighted by Gasteiger charge is -2.21. The molecule has 2 unspecified atom stereocenters. The Morgan fingerprint density at radius 2 is 0.447 bits per heavy atom. The van der Waals surface area contributed by atoms with E-state index in [-0.39, 0.29) is 25.7 Å². The van der Waals surface area contributed by atoms with Crippen LogP contribution in [0.1, 0.15) is 446 Å². The lowest BCUT2D eigenvalue weighted by atomic mass is 10.0. The smallest absolute Gasteiger partial charge is 0.462 e. The fourth-order valence-corrected chi connectivity index (χ4v) is 14.6. The van der Waals surface area contributed by atoms with Gasteiger partial charge in [0.25, 0.3) is 0 Å². The van der Waals surface area contributed by atoms with Gasteiger partial charge in [-0.05, 0) is 37.5 Å². The van der Waals surface area contributed by atoms with Crippen molar-refractivity contribution >= 4 is 39.5 Å². The number of hydrogen-bond donors (Lipinski definition) is 3. The van der Waals surface area contributed by atoms with Gasteiger partial charge in [-0.25, -0.2) is 9.13 Å². The average molecular weight is 1510 g/mol. The third-order valence-electron chi connectivity index (χ3n) is 19.7. The molecule has 0 rings (SSSR count). The predicted octanol–water partition coefficient (Wildman–Crippen LogP) is 25.5. The van der Waals surface area contributed by atoms with Crippen LogP contribution in [0.3, 0.4) is 0 Å². The number of carbonyl (C=O) groups excluding carboxylic acids is 4. The van der Waals surface area contributed by atoms with Crippen LogP contribution >= 0.6 is 15.6 Å². The minimum absolute atomic E-state index is 0.108. The van der Waals surface area contributed by atoms with Gasteiger partial charge in [0.15, 0.2) is 12.2 Å². The Morgan fingerprint density at radius 3 is 0.660 bits per heavy atom. The summed E-state index contributed by atoms with van der Waals surface area (Å²) in [6, 6.07) is 0. The molecule has 0 aromatic rings. The van der Waals surface area contributed by atoms with Crippen LogP contribution in [0.25, 0.3) is 0 Å². The van der Waals surface area contributed by atoms with Gasteiger partial charge in [0, 0.05) is 25.7 Å². The topological polar surface area (TPSA) is 237 Å². The molecule has 0 saturated heterocycles. The molecular formula is C84H164O17P2. The summed E-state index contributed by atoms with van der Waals surface area (Å²) in [6.07, 6.45) is 66.6. The molecule has 17 nitrogen and oxygen atoms in total. The summed E-state index contributed by atoms with van der Waals surface area (Å²) < 4.78 is 68.9. The Bertz CT molecular complexity index is 1980. The van der Waals surface area contributed by atoms with Gasteiger partial charge >= 0.3 is 39.5 Å². The molecule has 0 aliphatic heterocycles. The van der Waals surface area contributed by atoms with Gasteiger partial charge in [-0.3, -0.25) is 37.3 Å². The summed E-state index contributed by atoms with van der Waals surface area (Å²) >= 11 is 0. The van der Waals surface area contributed by atoms with Crippen molar-refractivity contribution in [3.63, 3.8) is 0 Å². The molecule has 3 N–H and O–H groups in total. The molecule has 0 aliphatic carbocycles. The highest BCUT2D eigenvalue weighted by molar-refractivity contribution is 7.47. The van der Waals surface area contributed by atoms with E-state index < -0.39 is 97.5 Å². The highest BCUT2D eigenvalue weighted by Crippen LogP contribution is 2.45. The van der Waals surface area contributed by atoms with Crippen LogP contribution in [0, 0.1) is 11.8 Å². The zero-order valence-corrected chi connectivity index (χ0v) is 69.4. The second-order valence-electron chi connectivity index (χ2n) is 31.2. The van der Waals surface area contributed by atoms with E-state index >= 15 is 0 Å². The van der Waals surface area contributed by atoms with Crippen molar-refractivity contribution in [2.75, 3.05) is 39.6 Å². The molecule has 0 aromatic heterocycles. The van der Waals surface area contributed by atoms with Crippen LogP contribution in [-0.4, -0.2) is 96.7 Å². The Morgan fingerprint density at radius 1 is 0.262 bits per heavy atom. The van der Waals surface area contributed by atoms with E-state index in [0.717, 1.165) is 102 Å². The standard InChI is InChI=1S/C84H164O17P2/c1-7-9-11-13-15-17-19-21-23-24-25-26-28-34-38-44-51-57-63-69-84(89)100-79(72-94-81(86)66-60-54-48-42-36-32-30-29-31-35-40-46-52-58-64-76(3)4)74-98-102(90,91)96-70-78(85)71-97-103(92,93)99-75-80(73-95-82(87)67-61-55-49-45-39-41-47-53-59-65-77(5)6)101-83(88)68-62-56-50-43-37-33-27-22-20-18-16-14-12-10-8-2/h76-80,85H,7-75H2,1-6H3,(H,90,91)(H,92,93)/t78-,79-,80-/m1/s1. The first-order chi connectivity index (χ1) is 49.9. The van der Waals surface area contributed by atoms with Gasteiger partial charge in [0.05, 0.1) is 26.4 Å². The fraction of sp³-hybridized carbons (Fsp3) is 0.952. The molecule has 5 atom stereocenters. The highest BCUT2D eigenvalue weighted by atomic mass is 31.2. The van der Waals surface area contributed by atoms with Crippen LogP contribution in [-0.2, 0) is 65.4 Å².